The van der Waals surface area contributed by atoms with Crippen LogP contribution in [-0.4, -0.2) is 36.9 Å². The first kappa shape index (κ1) is 14.9. The van der Waals surface area contributed by atoms with Crippen molar-refractivity contribution in [1.29, 1.82) is 0 Å². The number of carbonyl (C=O) groups excluding carboxylic acids is 2. The molecule has 0 unspecified atom stereocenters. The van der Waals surface area contributed by atoms with Gasteiger partial charge in [0.05, 0.1) is 6.54 Å². The second-order valence-electron chi connectivity index (χ2n) is 4.02. The molecule has 2 amide bonds. The summed E-state index contributed by atoms with van der Waals surface area (Å²) in [5, 5.41) is 2.74. The van der Waals surface area contributed by atoms with Crippen LogP contribution < -0.4 is 5.32 Å². The molecule has 5 heteroatoms. The van der Waals surface area contributed by atoms with Crippen molar-refractivity contribution in [2.75, 3.05) is 20.1 Å². The van der Waals surface area contributed by atoms with Gasteiger partial charge in [0, 0.05) is 22.7 Å². The van der Waals surface area contributed by atoms with Crippen LogP contribution in [0.1, 0.15) is 23.7 Å². The lowest BCUT2D eigenvalue weighted by molar-refractivity contribution is -0.121. The first-order valence-electron chi connectivity index (χ1n) is 5.82. The minimum atomic E-state index is -0.141. The number of halogens is 1. The Kier molecular flexibility index (Phi) is 6.11. The summed E-state index contributed by atoms with van der Waals surface area (Å²) >= 11 is 2.18. The highest BCUT2D eigenvalue weighted by Crippen LogP contribution is 2.08. The van der Waals surface area contributed by atoms with E-state index in [1.54, 1.807) is 19.2 Å². The van der Waals surface area contributed by atoms with E-state index in [2.05, 4.69) is 27.9 Å². The van der Waals surface area contributed by atoms with E-state index in [-0.39, 0.29) is 18.4 Å². The summed E-state index contributed by atoms with van der Waals surface area (Å²) in [6.45, 7) is 2.72. The molecule has 1 aromatic carbocycles. The number of nitrogens with zero attached hydrogens (tertiary/aromatic N) is 1. The first-order valence-corrected chi connectivity index (χ1v) is 6.90. The third-order valence-electron chi connectivity index (χ3n) is 2.39. The molecule has 0 spiro atoms. The molecule has 0 atom stereocenters. The van der Waals surface area contributed by atoms with E-state index in [0.29, 0.717) is 12.1 Å². The Hall–Kier alpha value is -1.11. The number of likely N-dealkylation sites (N-methyl/N-ethyl adjacent to an activating group) is 1. The fourth-order valence-electron chi connectivity index (χ4n) is 1.42. The van der Waals surface area contributed by atoms with Gasteiger partial charge in [-0.3, -0.25) is 9.59 Å². The molecule has 0 radical (unpaired) electrons. The van der Waals surface area contributed by atoms with Crippen LogP contribution in [0.2, 0.25) is 0 Å². The van der Waals surface area contributed by atoms with Crippen LogP contribution in [-0.2, 0) is 4.79 Å². The van der Waals surface area contributed by atoms with Gasteiger partial charge in [0.15, 0.2) is 0 Å². The fourth-order valence-corrected chi connectivity index (χ4v) is 1.78. The molecule has 0 heterocycles. The third-order valence-corrected chi connectivity index (χ3v) is 3.11. The molecule has 4 nitrogen and oxygen atoms in total. The van der Waals surface area contributed by atoms with E-state index in [9.17, 15) is 9.59 Å². The summed E-state index contributed by atoms with van der Waals surface area (Å²) in [5.41, 5.74) is 0.598. The number of benzene rings is 1. The molecule has 98 valence electrons. The Labute approximate surface area is 121 Å². The van der Waals surface area contributed by atoms with Gasteiger partial charge in [-0.1, -0.05) is 6.92 Å². The van der Waals surface area contributed by atoms with E-state index in [1.165, 1.54) is 4.90 Å². The van der Waals surface area contributed by atoms with Crippen molar-refractivity contribution < 1.29 is 9.59 Å². The average Bonchev–Trinajstić information content (AvgIpc) is 2.36. The Morgan fingerprint density at radius 1 is 1.28 bits per heavy atom. The number of nitrogens with one attached hydrogen (secondary N) is 1. The molecule has 1 aromatic rings. The van der Waals surface area contributed by atoms with Crippen LogP contribution in [0, 0.1) is 3.57 Å². The van der Waals surface area contributed by atoms with E-state index in [4.69, 9.17) is 0 Å². The predicted octanol–water partition coefficient (Wildman–Crippen LogP) is 1.89. The summed E-state index contributed by atoms with van der Waals surface area (Å²) < 4.78 is 1.08. The van der Waals surface area contributed by atoms with Crippen molar-refractivity contribution >= 4 is 34.4 Å². The van der Waals surface area contributed by atoms with Crippen LogP contribution in [0.5, 0.6) is 0 Å². The van der Waals surface area contributed by atoms with Crippen molar-refractivity contribution in [3.05, 3.63) is 33.4 Å². The standard InChI is InChI=1S/C13H17IN2O2/c1-3-8-15-12(17)9-16(2)13(18)10-4-6-11(14)7-5-10/h4-7H,3,8-9H2,1-2H3,(H,15,17). The quantitative estimate of drug-likeness (QED) is 0.816. The normalized spacial score (nSPS) is 9.94. The van der Waals surface area contributed by atoms with Gasteiger partial charge in [-0.05, 0) is 53.3 Å². The number of amides is 2. The summed E-state index contributed by atoms with van der Waals surface area (Å²) in [6, 6.07) is 7.28. The lowest BCUT2D eigenvalue weighted by atomic mass is 10.2. The van der Waals surface area contributed by atoms with Crippen LogP contribution in [0.3, 0.4) is 0 Å². The van der Waals surface area contributed by atoms with E-state index >= 15 is 0 Å². The monoisotopic (exact) mass is 360 g/mol. The molecule has 1 rings (SSSR count). The predicted molar refractivity (Wildman–Crippen MR) is 79.4 cm³/mol. The molecule has 0 saturated heterocycles. The van der Waals surface area contributed by atoms with Crippen molar-refractivity contribution in [1.82, 2.24) is 10.2 Å². The van der Waals surface area contributed by atoms with Crippen molar-refractivity contribution in [3.8, 4) is 0 Å². The summed E-state index contributed by atoms with van der Waals surface area (Å²) in [7, 11) is 1.63. The van der Waals surface area contributed by atoms with E-state index < -0.39 is 0 Å². The molecular weight excluding hydrogens is 343 g/mol. The lowest BCUT2D eigenvalue weighted by Crippen LogP contribution is -2.38. The SMILES string of the molecule is CCCNC(=O)CN(C)C(=O)c1ccc(I)cc1. The molecule has 1 N–H and O–H groups in total. The molecule has 0 aliphatic rings. The number of hydrogen-bond donors (Lipinski definition) is 1. The van der Waals surface area contributed by atoms with Crippen LogP contribution in [0.15, 0.2) is 24.3 Å². The Balaban J connectivity index is 2.56. The Morgan fingerprint density at radius 3 is 2.44 bits per heavy atom. The molecule has 0 saturated carbocycles. The molecular formula is C13H17IN2O2. The second kappa shape index (κ2) is 7.35. The van der Waals surface area contributed by atoms with Gasteiger partial charge >= 0.3 is 0 Å². The first-order chi connectivity index (χ1) is 8.54. The van der Waals surface area contributed by atoms with Gasteiger partial charge in [0.1, 0.15) is 0 Å². The summed E-state index contributed by atoms with van der Waals surface area (Å²) in [5.74, 6) is -0.267. The molecule has 18 heavy (non-hydrogen) atoms. The highest BCUT2D eigenvalue weighted by Gasteiger charge is 2.14. The largest absolute Gasteiger partial charge is 0.355 e. The molecule has 0 aliphatic heterocycles. The van der Waals surface area contributed by atoms with Gasteiger partial charge in [-0.25, -0.2) is 0 Å². The van der Waals surface area contributed by atoms with Crippen LogP contribution in [0.25, 0.3) is 0 Å². The summed E-state index contributed by atoms with van der Waals surface area (Å²) in [4.78, 5) is 24.9. The highest BCUT2D eigenvalue weighted by molar-refractivity contribution is 14.1. The zero-order valence-corrected chi connectivity index (χ0v) is 12.7. The minimum Gasteiger partial charge on any atom is -0.355 e. The lowest BCUT2D eigenvalue weighted by Gasteiger charge is -2.16. The van der Waals surface area contributed by atoms with Crippen molar-refractivity contribution in [3.63, 3.8) is 0 Å². The Bertz CT molecular complexity index is 418. The zero-order valence-electron chi connectivity index (χ0n) is 10.6. The van der Waals surface area contributed by atoms with Crippen LogP contribution >= 0.6 is 22.6 Å². The number of rotatable bonds is 5. The minimum absolute atomic E-state index is 0.0881. The maximum atomic E-state index is 12.0. The van der Waals surface area contributed by atoms with Gasteiger partial charge in [-0.2, -0.15) is 0 Å². The Morgan fingerprint density at radius 2 is 1.89 bits per heavy atom. The smallest absolute Gasteiger partial charge is 0.254 e. The van der Waals surface area contributed by atoms with Crippen LogP contribution in [0.4, 0.5) is 0 Å². The molecule has 0 aromatic heterocycles. The maximum Gasteiger partial charge on any atom is 0.254 e. The number of hydrogen-bond acceptors (Lipinski definition) is 2. The van der Waals surface area contributed by atoms with E-state index in [0.717, 1.165) is 9.99 Å². The zero-order chi connectivity index (χ0) is 13.5. The average molecular weight is 360 g/mol. The number of carbonyl (C=O) groups is 2. The van der Waals surface area contributed by atoms with Crippen molar-refractivity contribution in [2.24, 2.45) is 0 Å². The topological polar surface area (TPSA) is 49.4 Å². The van der Waals surface area contributed by atoms with Gasteiger partial charge < -0.3 is 10.2 Å². The van der Waals surface area contributed by atoms with Gasteiger partial charge in [-0.15, -0.1) is 0 Å². The van der Waals surface area contributed by atoms with Crippen molar-refractivity contribution in [2.45, 2.75) is 13.3 Å². The van der Waals surface area contributed by atoms with Gasteiger partial charge in [0.2, 0.25) is 5.91 Å². The third kappa shape index (κ3) is 4.64. The molecule has 0 fully saturated rings. The molecule has 0 bridgehead atoms. The fraction of sp³-hybridized carbons (Fsp3) is 0.385. The molecule has 0 aliphatic carbocycles. The van der Waals surface area contributed by atoms with E-state index in [1.807, 2.05) is 19.1 Å². The highest BCUT2D eigenvalue weighted by atomic mass is 127. The maximum absolute atomic E-state index is 12.0. The summed E-state index contributed by atoms with van der Waals surface area (Å²) in [6.07, 6.45) is 0.889. The van der Waals surface area contributed by atoms with Gasteiger partial charge in [0.25, 0.3) is 5.91 Å². The second-order valence-corrected chi connectivity index (χ2v) is 5.26.